The summed E-state index contributed by atoms with van der Waals surface area (Å²) in [6.07, 6.45) is 2.71. The van der Waals surface area contributed by atoms with Crippen molar-refractivity contribution in [1.29, 1.82) is 0 Å². The second-order valence-corrected chi connectivity index (χ2v) is 7.08. The first-order valence-electron chi connectivity index (χ1n) is 7.16. The molecular weight excluding hydrogens is 290 g/mol. The fourth-order valence-electron chi connectivity index (χ4n) is 2.17. The van der Waals surface area contributed by atoms with Crippen LogP contribution in [-0.2, 0) is 10.0 Å². The lowest BCUT2D eigenvalue weighted by molar-refractivity contribution is 0.0692. The number of carboxylic acids is 1. The van der Waals surface area contributed by atoms with E-state index in [0.717, 1.165) is 19.3 Å². The molecule has 5 nitrogen and oxygen atoms in total. The van der Waals surface area contributed by atoms with Gasteiger partial charge in [0.2, 0.25) is 10.0 Å². The van der Waals surface area contributed by atoms with E-state index in [1.807, 2.05) is 6.92 Å². The predicted molar refractivity (Wildman–Crippen MR) is 82.0 cm³/mol. The van der Waals surface area contributed by atoms with Crippen molar-refractivity contribution in [1.82, 2.24) is 4.31 Å². The van der Waals surface area contributed by atoms with Crippen molar-refractivity contribution in [2.24, 2.45) is 0 Å². The van der Waals surface area contributed by atoms with Crippen LogP contribution < -0.4 is 0 Å². The zero-order valence-corrected chi connectivity index (χ0v) is 13.6. The van der Waals surface area contributed by atoms with Crippen molar-refractivity contribution in [3.8, 4) is 0 Å². The Balaban J connectivity index is 3.20. The lowest BCUT2D eigenvalue weighted by Crippen LogP contribution is -2.38. The summed E-state index contributed by atoms with van der Waals surface area (Å²) in [5.41, 5.74) is -0.182. The molecule has 0 bridgehead atoms. The van der Waals surface area contributed by atoms with Crippen LogP contribution in [0.5, 0.6) is 0 Å². The standard InChI is InChI=1S/C15H23NO4S/c1-4-5-8-11-16(12(2)3)21(19,20)14-10-7-6-9-13(14)15(17)18/h6-7,9-10,12H,4-5,8,11H2,1-3H3,(H,17,18). The van der Waals surface area contributed by atoms with Crippen LogP contribution in [0.3, 0.4) is 0 Å². The van der Waals surface area contributed by atoms with Gasteiger partial charge in [-0.3, -0.25) is 0 Å². The molecule has 1 N–H and O–H groups in total. The smallest absolute Gasteiger partial charge is 0.337 e. The molecule has 0 spiro atoms. The Bertz CT molecular complexity index is 581. The number of carboxylic acid groups (broad SMARTS) is 1. The first kappa shape index (κ1) is 17.7. The lowest BCUT2D eigenvalue weighted by atomic mass is 10.2. The molecule has 0 atom stereocenters. The van der Waals surface area contributed by atoms with Gasteiger partial charge in [-0.15, -0.1) is 0 Å². The minimum Gasteiger partial charge on any atom is -0.478 e. The maximum atomic E-state index is 12.8. The number of aromatic carboxylic acids is 1. The molecule has 0 aliphatic carbocycles. The molecule has 0 radical (unpaired) electrons. The zero-order chi connectivity index (χ0) is 16.0. The Labute approximate surface area is 126 Å². The monoisotopic (exact) mass is 313 g/mol. The number of unbranched alkanes of at least 4 members (excludes halogenated alkanes) is 2. The Morgan fingerprint density at radius 2 is 1.86 bits per heavy atom. The highest BCUT2D eigenvalue weighted by Gasteiger charge is 2.30. The summed E-state index contributed by atoms with van der Waals surface area (Å²) in [4.78, 5) is 11.1. The van der Waals surface area contributed by atoms with E-state index in [1.165, 1.54) is 22.5 Å². The van der Waals surface area contributed by atoms with Gasteiger partial charge in [-0.05, 0) is 32.4 Å². The Kier molecular flexibility index (Phi) is 6.36. The highest BCUT2D eigenvalue weighted by Crippen LogP contribution is 2.22. The van der Waals surface area contributed by atoms with Crippen LogP contribution in [0, 0.1) is 0 Å². The molecule has 6 heteroatoms. The highest BCUT2D eigenvalue weighted by molar-refractivity contribution is 7.89. The second-order valence-electron chi connectivity index (χ2n) is 5.22. The first-order valence-corrected chi connectivity index (χ1v) is 8.60. The van der Waals surface area contributed by atoms with Crippen LogP contribution in [0.4, 0.5) is 0 Å². The number of rotatable bonds is 8. The summed E-state index contributed by atoms with van der Waals surface area (Å²) in [7, 11) is -3.80. The van der Waals surface area contributed by atoms with Gasteiger partial charge in [0, 0.05) is 12.6 Å². The van der Waals surface area contributed by atoms with Gasteiger partial charge in [0.05, 0.1) is 10.5 Å². The maximum absolute atomic E-state index is 12.8. The van der Waals surface area contributed by atoms with E-state index >= 15 is 0 Å². The topological polar surface area (TPSA) is 74.7 Å². The molecule has 0 unspecified atom stereocenters. The molecule has 0 aromatic heterocycles. The Hall–Kier alpha value is -1.40. The number of sulfonamides is 1. The number of hydrogen-bond donors (Lipinski definition) is 1. The van der Waals surface area contributed by atoms with E-state index in [2.05, 4.69) is 0 Å². The summed E-state index contributed by atoms with van der Waals surface area (Å²) in [5, 5.41) is 9.18. The molecule has 0 aliphatic rings. The van der Waals surface area contributed by atoms with E-state index in [0.29, 0.717) is 6.54 Å². The van der Waals surface area contributed by atoms with Crippen LogP contribution in [-0.4, -0.2) is 36.4 Å². The Morgan fingerprint density at radius 1 is 1.24 bits per heavy atom. The SMILES string of the molecule is CCCCCN(C(C)C)S(=O)(=O)c1ccccc1C(=O)O. The van der Waals surface area contributed by atoms with E-state index < -0.39 is 16.0 Å². The normalized spacial score (nSPS) is 12.0. The fraction of sp³-hybridized carbons (Fsp3) is 0.533. The van der Waals surface area contributed by atoms with Crippen LogP contribution in [0.25, 0.3) is 0 Å². The highest BCUT2D eigenvalue weighted by atomic mass is 32.2. The van der Waals surface area contributed by atoms with Crippen molar-refractivity contribution in [3.63, 3.8) is 0 Å². The van der Waals surface area contributed by atoms with Gasteiger partial charge in [0.1, 0.15) is 0 Å². The summed E-state index contributed by atoms with van der Waals surface area (Å²) in [6, 6.07) is 5.53. The quantitative estimate of drug-likeness (QED) is 0.749. The second kappa shape index (κ2) is 7.56. The number of carbonyl (C=O) groups is 1. The average molecular weight is 313 g/mol. The van der Waals surface area contributed by atoms with Gasteiger partial charge in [0.25, 0.3) is 0 Å². The lowest BCUT2D eigenvalue weighted by Gasteiger charge is -2.26. The molecule has 0 saturated carbocycles. The first-order chi connectivity index (χ1) is 9.82. The largest absolute Gasteiger partial charge is 0.478 e. The fourth-order valence-corrected chi connectivity index (χ4v) is 4.03. The van der Waals surface area contributed by atoms with Gasteiger partial charge in [-0.2, -0.15) is 4.31 Å². The summed E-state index contributed by atoms with van der Waals surface area (Å²) >= 11 is 0. The molecule has 1 rings (SSSR count). The van der Waals surface area contributed by atoms with Gasteiger partial charge < -0.3 is 5.11 Å². The molecule has 21 heavy (non-hydrogen) atoms. The molecule has 0 fully saturated rings. The van der Waals surface area contributed by atoms with Crippen molar-refractivity contribution >= 4 is 16.0 Å². The molecule has 1 aromatic carbocycles. The zero-order valence-electron chi connectivity index (χ0n) is 12.7. The van der Waals surface area contributed by atoms with Crippen molar-refractivity contribution < 1.29 is 18.3 Å². The van der Waals surface area contributed by atoms with Crippen LogP contribution in [0.2, 0.25) is 0 Å². The van der Waals surface area contributed by atoms with Crippen LogP contribution in [0.15, 0.2) is 29.2 Å². The predicted octanol–water partition coefficient (Wildman–Crippen LogP) is 2.97. The van der Waals surface area contributed by atoms with Crippen LogP contribution in [0.1, 0.15) is 50.4 Å². The minimum atomic E-state index is -3.80. The van der Waals surface area contributed by atoms with E-state index in [1.54, 1.807) is 19.9 Å². The van der Waals surface area contributed by atoms with E-state index in [-0.39, 0.29) is 16.5 Å². The molecule has 0 amide bonds. The van der Waals surface area contributed by atoms with E-state index in [9.17, 15) is 18.3 Å². The average Bonchev–Trinajstić information content (AvgIpc) is 2.42. The third-order valence-corrected chi connectivity index (χ3v) is 5.40. The van der Waals surface area contributed by atoms with Crippen molar-refractivity contribution in [2.75, 3.05) is 6.54 Å². The number of nitrogens with zero attached hydrogens (tertiary/aromatic N) is 1. The number of hydrogen-bond acceptors (Lipinski definition) is 3. The van der Waals surface area contributed by atoms with Crippen molar-refractivity contribution in [2.45, 2.75) is 51.0 Å². The third-order valence-electron chi connectivity index (χ3n) is 3.26. The van der Waals surface area contributed by atoms with E-state index in [4.69, 9.17) is 0 Å². The van der Waals surface area contributed by atoms with Crippen molar-refractivity contribution in [3.05, 3.63) is 29.8 Å². The van der Waals surface area contributed by atoms with Crippen LogP contribution >= 0.6 is 0 Å². The molecule has 0 aliphatic heterocycles. The summed E-state index contributed by atoms with van der Waals surface area (Å²) in [5.74, 6) is -1.23. The Morgan fingerprint density at radius 3 is 2.38 bits per heavy atom. The minimum absolute atomic E-state index is 0.136. The van der Waals surface area contributed by atoms with Gasteiger partial charge in [-0.25, -0.2) is 13.2 Å². The molecule has 0 heterocycles. The molecule has 118 valence electrons. The third kappa shape index (κ3) is 4.28. The number of benzene rings is 1. The van der Waals surface area contributed by atoms with Gasteiger partial charge >= 0.3 is 5.97 Å². The molecular formula is C15H23NO4S. The van der Waals surface area contributed by atoms with Gasteiger partial charge in [-0.1, -0.05) is 31.9 Å². The molecule has 0 saturated heterocycles. The molecule has 1 aromatic rings. The summed E-state index contributed by atoms with van der Waals surface area (Å²) in [6.45, 7) is 6.05. The maximum Gasteiger partial charge on any atom is 0.337 e. The van der Waals surface area contributed by atoms with Gasteiger partial charge in [0.15, 0.2) is 0 Å². The summed E-state index contributed by atoms with van der Waals surface area (Å²) < 4.78 is 26.9.